The van der Waals surface area contributed by atoms with E-state index >= 15 is 0 Å². The highest BCUT2D eigenvalue weighted by Gasteiger charge is 2.30. The van der Waals surface area contributed by atoms with Crippen LogP contribution in [0.5, 0.6) is 0 Å². The van der Waals surface area contributed by atoms with E-state index < -0.39 is 16.0 Å². The molecule has 1 aliphatic rings. The van der Waals surface area contributed by atoms with Crippen molar-refractivity contribution in [2.24, 2.45) is 5.92 Å². The fourth-order valence-corrected chi connectivity index (χ4v) is 4.36. The zero-order chi connectivity index (χ0) is 17.0. The van der Waals surface area contributed by atoms with Crippen LogP contribution >= 0.6 is 0 Å². The van der Waals surface area contributed by atoms with E-state index in [4.69, 9.17) is 4.74 Å². The minimum Gasteiger partial charge on any atom is -0.462 e. The summed E-state index contributed by atoms with van der Waals surface area (Å²) >= 11 is 0. The molecule has 1 saturated carbocycles. The van der Waals surface area contributed by atoms with Crippen molar-refractivity contribution in [3.05, 3.63) is 29.8 Å². The lowest BCUT2D eigenvalue weighted by atomic mass is 9.87. The molecule has 0 N–H and O–H groups in total. The molecule has 1 aromatic rings. The largest absolute Gasteiger partial charge is 0.462 e. The van der Waals surface area contributed by atoms with Crippen molar-refractivity contribution in [2.45, 2.75) is 50.5 Å². The Kier molecular flexibility index (Phi) is 5.81. The average molecular weight is 339 g/mol. The zero-order valence-electron chi connectivity index (χ0n) is 14.0. The molecule has 0 amide bonds. The van der Waals surface area contributed by atoms with Gasteiger partial charge in [0.2, 0.25) is 10.0 Å². The first kappa shape index (κ1) is 17.9. The lowest BCUT2D eigenvalue weighted by molar-refractivity contribution is 0.0526. The molecule has 0 aliphatic heterocycles. The highest BCUT2D eigenvalue weighted by atomic mass is 32.2. The number of esters is 1. The molecule has 1 fully saturated rings. The fourth-order valence-electron chi connectivity index (χ4n) is 2.95. The van der Waals surface area contributed by atoms with Crippen molar-refractivity contribution in [1.82, 2.24) is 4.31 Å². The molecule has 23 heavy (non-hydrogen) atoms. The van der Waals surface area contributed by atoms with Gasteiger partial charge in [0.05, 0.1) is 17.1 Å². The molecule has 0 saturated heterocycles. The van der Waals surface area contributed by atoms with Crippen molar-refractivity contribution < 1.29 is 17.9 Å². The summed E-state index contributed by atoms with van der Waals surface area (Å²) in [5, 5.41) is 0. The van der Waals surface area contributed by atoms with Gasteiger partial charge in [0, 0.05) is 13.1 Å². The Labute approximate surface area is 138 Å². The van der Waals surface area contributed by atoms with Crippen molar-refractivity contribution in [3.8, 4) is 0 Å². The van der Waals surface area contributed by atoms with Gasteiger partial charge in [-0.05, 0) is 62.8 Å². The number of benzene rings is 1. The molecule has 0 aromatic heterocycles. The van der Waals surface area contributed by atoms with Crippen LogP contribution in [0.2, 0.25) is 0 Å². The third-order valence-corrected chi connectivity index (χ3v) is 6.47. The Balaban J connectivity index is 2.14. The van der Waals surface area contributed by atoms with Crippen LogP contribution < -0.4 is 0 Å². The van der Waals surface area contributed by atoms with Gasteiger partial charge in [-0.25, -0.2) is 13.2 Å². The number of carbonyl (C=O) groups excluding carboxylic acids is 1. The van der Waals surface area contributed by atoms with Gasteiger partial charge >= 0.3 is 5.97 Å². The fraction of sp³-hybridized carbons (Fsp3) is 0.588. The van der Waals surface area contributed by atoms with Crippen molar-refractivity contribution >= 4 is 16.0 Å². The van der Waals surface area contributed by atoms with E-state index in [9.17, 15) is 13.2 Å². The van der Waals surface area contributed by atoms with Crippen LogP contribution in [0.25, 0.3) is 0 Å². The van der Waals surface area contributed by atoms with Crippen LogP contribution in [-0.4, -0.2) is 38.4 Å². The number of nitrogens with zero attached hydrogens (tertiary/aromatic N) is 1. The zero-order valence-corrected chi connectivity index (χ0v) is 14.8. The molecule has 0 bridgehead atoms. The third kappa shape index (κ3) is 4.12. The average Bonchev–Trinajstić information content (AvgIpc) is 2.55. The molecular formula is C17H25NO4S. The van der Waals surface area contributed by atoms with E-state index in [1.807, 2.05) is 0 Å². The summed E-state index contributed by atoms with van der Waals surface area (Å²) in [5.41, 5.74) is 0.361. The second kappa shape index (κ2) is 7.45. The predicted molar refractivity (Wildman–Crippen MR) is 88.8 cm³/mol. The Morgan fingerprint density at radius 2 is 1.74 bits per heavy atom. The molecule has 1 aliphatic carbocycles. The Morgan fingerprint density at radius 1 is 1.17 bits per heavy atom. The summed E-state index contributed by atoms with van der Waals surface area (Å²) in [6, 6.07) is 6.01. The smallest absolute Gasteiger partial charge is 0.338 e. The quantitative estimate of drug-likeness (QED) is 0.774. The third-order valence-electron chi connectivity index (χ3n) is 4.54. The normalized spacial score (nSPS) is 22.1. The number of hydrogen-bond acceptors (Lipinski definition) is 4. The summed E-state index contributed by atoms with van der Waals surface area (Å²) in [7, 11) is -1.88. The van der Waals surface area contributed by atoms with Crippen molar-refractivity contribution in [2.75, 3.05) is 13.7 Å². The van der Waals surface area contributed by atoms with Crippen LogP contribution in [0.3, 0.4) is 0 Å². The van der Waals surface area contributed by atoms with Crippen LogP contribution in [0.1, 0.15) is 49.9 Å². The number of sulfonamides is 1. The molecule has 2 rings (SSSR count). The van der Waals surface area contributed by atoms with Gasteiger partial charge in [-0.15, -0.1) is 0 Å². The summed E-state index contributed by atoms with van der Waals surface area (Å²) < 4.78 is 31.9. The molecule has 0 heterocycles. The maximum Gasteiger partial charge on any atom is 0.338 e. The molecule has 0 unspecified atom stereocenters. The highest BCUT2D eigenvalue weighted by Crippen LogP contribution is 2.29. The summed E-state index contributed by atoms with van der Waals surface area (Å²) in [5.74, 6) is 0.234. The lowest BCUT2D eigenvalue weighted by Crippen LogP contribution is -2.39. The number of ether oxygens (including phenoxy) is 1. The Morgan fingerprint density at radius 3 is 2.26 bits per heavy atom. The van der Waals surface area contributed by atoms with E-state index in [-0.39, 0.29) is 10.9 Å². The van der Waals surface area contributed by atoms with Gasteiger partial charge in [-0.3, -0.25) is 0 Å². The van der Waals surface area contributed by atoms with Gasteiger partial charge in [-0.1, -0.05) is 6.92 Å². The molecule has 0 spiro atoms. The number of carbonyl (C=O) groups is 1. The monoisotopic (exact) mass is 339 g/mol. The first-order valence-electron chi connectivity index (χ1n) is 8.11. The van der Waals surface area contributed by atoms with Crippen LogP contribution in [0.15, 0.2) is 29.2 Å². The van der Waals surface area contributed by atoms with E-state index in [0.717, 1.165) is 25.7 Å². The molecule has 0 radical (unpaired) electrons. The lowest BCUT2D eigenvalue weighted by Gasteiger charge is -2.32. The second-order valence-corrected chi connectivity index (χ2v) is 8.18. The SMILES string of the molecule is CCOC(=O)c1ccc(S(=O)(=O)N(C)C2CCC(C)CC2)cc1. The molecule has 1 aromatic carbocycles. The van der Waals surface area contributed by atoms with E-state index in [1.165, 1.54) is 28.6 Å². The van der Waals surface area contributed by atoms with E-state index in [1.54, 1.807) is 14.0 Å². The van der Waals surface area contributed by atoms with Crippen LogP contribution in [0, 0.1) is 5.92 Å². The highest BCUT2D eigenvalue weighted by molar-refractivity contribution is 7.89. The van der Waals surface area contributed by atoms with Crippen molar-refractivity contribution in [1.29, 1.82) is 0 Å². The molecule has 6 heteroatoms. The van der Waals surface area contributed by atoms with E-state index in [2.05, 4.69) is 6.92 Å². The minimum absolute atomic E-state index is 0.0564. The van der Waals surface area contributed by atoms with Gasteiger partial charge < -0.3 is 4.74 Å². The number of hydrogen-bond donors (Lipinski definition) is 0. The van der Waals surface area contributed by atoms with Crippen LogP contribution in [-0.2, 0) is 14.8 Å². The van der Waals surface area contributed by atoms with Gasteiger partial charge in [-0.2, -0.15) is 4.31 Å². The minimum atomic E-state index is -3.53. The molecular weight excluding hydrogens is 314 g/mol. The van der Waals surface area contributed by atoms with Gasteiger partial charge in [0.1, 0.15) is 0 Å². The molecule has 128 valence electrons. The summed E-state index contributed by atoms with van der Waals surface area (Å²) in [6.07, 6.45) is 3.92. The molecule has 0 atom stereocenters. The first-order valence-corrected chi connectivity index (χ1v) is 9.55. The maximum absolute atomic E-state index is 12.7. The maximum atomic E-state index is 12.7. The standard InChI is InChI=1S/C17H25NO4S/c1-4-22-17(19)14-7-11-16(12-8-14)23(20,21)18(3)15-9-5-13(2)6-10-15/h7-8,11-13,15H,4-6,9-10H2,1-3H3. The van der Waals surface area contributed by atoms with Crippen molar-refractivity contribution in [3.63, 3.8) is 0 Å². The number of rotatable bonds is 5. The van der Waals surface area contributed by atoms with E-state index in [0.29, 0.717) is 18.1 Å². The molecule has 5 nitrogen and oxygen atoms in total. The predicted octanol–water partition coefficient (Wildman–Crippen LogP) is 3.06. The van der Waals surface area contributed by atoms with Crippen LogP contribution in [0.4, 0.5) is 0 Å². The Bertz CT molecular complexity index is 631. The summed E-state index contributed by atoms with van der Waals surface area (Å²) in [4.78, 5) is 11.9. The second-order valence-electron chi connectivity index (χ2n) is 6.18. The summed E-state index contributed by atoms with van der Waals surface area (Å²) in [6.45, 7) is 4.23. The van der Waals surface area contributed by atoms with Gasteiger partial charge in [0.15, 0.2) is 0 Å². The van der Waals surface area contributed by atoms with Gasteiger partial charge in [0.25, 0.3) is 0 Å². The Hall–Kier alpha value is -1.40. The first-order chi connectivity index (χ1) is 10.9. The topological polar surface area (TPSA) is 63.7 Å².